The number of hydrogen-bond acceptors (Lipinski definition) is 4. The lowest BCUT2D eigenvalue weighted by Crippen LogP contribution is -2.32. The second-order valence-corrected chi connectivity index (χ2v) is 6.94. The van der Waals surface area contributed by atoms with Crippen LogP contribution in [0.25, 0.3) is 11.0 Å². The minimum absolute atomic E-state index is 0.0733. The molecule has 0 aliphatic heterocycles. The van der Waals surface area contributed by atoms with Gasteiger partial charge in [-0.15, -0.1) is 0 Å². The van der Waals surface area contributed by atoms with E-state index in [1.807, 2.05) is 54.6 Å². The first kappa shape index (κ1) is 18.8. The molecule has 0 fully saturated rings. The number of anilines is 1. The van der Waals surface area contributed by atoms with Gasteiger partial charge in [-0.05, 0) is 53.9 Å². The van der Waals surface area contributed by atoms with Crippen LogP contribution in [0.1, 0.15) is 21.5 Å². The molecule has 0 aliphatic rings. The molecular weight excluding hydrogens is 388 g/mol. The first-order valence-corrected chi connectivity index (χ1v) is 9.39. The van der Waals surface area contributed by atoms with E-state index in [4.69, 9.17) is 16.0 Å². The van der Waals surface area contributed by atoms with E-state index in [2.05, 4.69) is 10.9 Å². The molecule has 0 saturated carbocycles. The van der Waals surface area contributed by atoms with Crippen molar-refractivity contribution in [1.29, 1.82) is 0 Å². The Morgan fingerprint density at radius 1 is 0.931 bits per heavy atom. The molecular formula is C23H17ClN2O3. The lowest BCUT2D eigenvalue weighted by atomic mass is 10.0. The van der Waals surface area contributed by atoms with E-state index in [9.17, 15) is 9.59 Å². The zero-order valence-corrected chi connectivity index (χ0v) is 16.1. The van der Waals surface area contributed by atoms with Crippen LogP contribution in [-0.2, 0) is 6.42 Å². The van der Waals surface area contributed by atoms with E-state index in [0.717, 1.165) is 11.1 Å². The first-order valence-electron chi connectivity index (χ1n) is 9.02. The van der Waals surface area contributed by atoms with Gasteiger partial charge in [0, 0.05) is 10.4 Å². The minimum Gasteiger partial charge on any atom is -0.422 e. The van der Waals surface area contributed by atoms with Crippen molar-refractivity contribution in [2.24, 2.45) is 0 Å². The van der Waals surface area contributed by atoms with E-state index >= 15 is 0 Å². The van der Waals surface area contributed by atoms with Crippen LogP contribution < -0.4 is 16.5 Å². The van der Waals surface area contributed by atoms with Crippen LogP contribution in [0, 0.1) is 0 Å². The van der Waals surface area contributed by atoms with Crippen LogP contribution in [0.15, 0.2) is 88.1 Å². The zero-order chi connectivity index (χ0) is 20.2. The lowest BCUT2D eigenvalue weighted by Gasteiger charge is -2.09. The van der Waals surface area contributed by atoms with Gasteiger partial charge in [0.2, 0.25) is 0 Å². The molecule has 3 aromatic carbocycles. The van der Waals surface area contributed by atoms with E-state index < -0.39 is 11.5 Å². The van der Waals surface area contributed by atoms with Gasteiger partial charge in [0.15, 0.2) is 0 Å². The Morgan fingerprint density at radius 2 is 1.69 bits per heavy atom. The van der Waals surface area contributed by atoms with Crippen molar-refractivity contribution in [3.63, 3.8) is 0 Å². The van der Waals surface area contributed by atoms with Crippen LogP contribution in [0.3, 0.4) is 0 Å². The fourth-order valence-corrected chi connectivity index (χ4v) is 3.22. The Morgan fingerprint density at radius 3 is 2.48 bits per heavy atom. The van der Waals surface area contributed by atoms with Crippen molar-refractivity contribution in [3.05, 3.63) is 111 Å². The average molecular weight is 405 g/mol. The number of carbonyl (C=O) groups is 1. The van der Waals surface area contributed by atoms with Gasteiger partial charge in [-0.2, -0.15) is 0 Å². The highest BCUT2D eigenvalue weighted by molar-refractivity contribution is 6.31. The zero-order valence-electron chi connectivity index (χ0n) is 15.3. The molecule has 4 rings (SSSR count). The molecule has 1 aromatic heterocycles. The maximum atomic E-state index is 12.5. The maximum Gasteiger partial charge on any atom is 0.349 e. The van der Waals surface area contributed by atoms with Gasteiger partial charge in [-0.25, -0.2) is 4.79 Å². The summed E-state index contributed by atoms with van der Waals surface area (Å²) in [6.45, 7) is 0. The summed E-state index contributed by atoms with van der Waals surface area (Å²) in [4.78, 5) is 24.7. The summed E-state index contributed by atoms with van der Waals surface area (Å²) in [5.74, 6) is -0.569. The normalized spacial score (nSPS) is 10.7. The molecule has 0 aliphatic carbocycles. The van der Waals surface area contributed by atoms with Gasteiger partial charge in [0.1, 0.15) is 11.1 Å². The van der Waals surface area contributed by atoms with Gasteiger partial charge in [-0.1, -0.05) is 54.1 Å². The highest BCUT2D eigenvalue weighted by atomic mass is 35.5. The third kappa shape index (κ3) is 4.31. The fourth-order valence-electron chi connectivity index (χ4n) is 3.02. The molecule has 0 saturated heterocycles. The largest absolute Gasteiger partial charge is 0.422 e. The Bertz CT molecular complexity index is 1240. The predicted octanol–water partition coefficient (Wildman–Crippen LogP) is 4.79. The SMILES string of the molecule is O=C(NNc1ccccc1)c1cc2cc(Cc3ccccc3Cl)ccc2oc1=O. The topological polar surface area (TPSA) is 71.3 Å². The summed E-state index contributed by atoms with van der Waals surface area (Å²) in [7, 11) is 0. The molecule has 4 aromatic rings. The number of benzene rings is 3. The number of hydrazine groups is 1. The van der Waals surface area contributed by atoms with Crippen molar-refractivity contribution >= 4 is 34.2 Å². The van der Waals surface area contributed by atoms with Crippen molar-refractivity contribution in [2.45, 2.75) is 6.42 Å². The highest BCUT2D eigenvalue weighted by Gasteiger charge is 2.14. The first-order chi connectivity index (χ1) is 14.1. The Balaban J connectivity index is 1.59. The van der Waals surface area contributed by atoms with Crippen molar-refractivity contribution in [3.8, 4) is 0 Å². The summed E-state index contributed by atoms with van der Waals surface area (Å²) < 4.78 is 5.32. The number of fused-ring (bicyclic) bond motifs is 1. The summed E-state index contributed by atoms with van der Waals surface area (Å²) in [6, 6.07) is 23.8. The third-order valence-corrected chi connectivity index (χ3v) is 4.86. The van der Waals surface area contributed by atoms with Crippen LogP contribution in [-0.4, -0.2) is 5.91 Å². The summed E-state index contributed by atoms with van der Waals surface area (Å²) >= 11 is 6.25. The monoisotopic (exact) mass is 404 g/mol. The Kier molecular flexibility index (Phi) is 5.31. The number of para-hydroxylation sites is 1. The van der Waals surface area contributed by atoms with Crippen LogP contribution >= 0.6 is 11.6 Å². The van der Waals surface area contributed by atoms with Gasteiger partial charge in [0.25, 0.3) is 5.91 Å². The number of halogens is 1. The van der Waals surface area contributed by atoms with Crippen molar-refractivity contribution in [1.82, 2.24) is 5.43 Å². The second-order valence-electron chi connectivity index (χ2n) is 6.53. The second kappa shape index (κ2) is 8.20. The fraction of sp³-hybridized carbons (Fsp3) is 0.0435. The standard InChI is InChI=1S/C23H17ClN2O3/c24-20-9-5-4-6-16(20)12-15-10-11-21-17(13-15)14-19(23(28)29-21)22(27)26-25-18-7-2-1-3-8-18/h1-11,13-14,25H,12H2,(H,26,27). The van der Waals surface area contributed by atoms with E-state index in [-0.39, 0.29) is 5.56 Å². The molecule has 0 atom stereocenters. The van der Waals surface area contributed by atoms with Gasteiger partial charge >= 0.3 is 5.63 Å². The molecule has 2 N–H and O–H groups in total. The van der Waals surface area contributed by atoms with Gasteiger partial charge in [-0.3, -0.25) is 15.6 Å². The third-order valence-electron chi connectivity index (χ3n) is 4.49. The molecule has 6 heteroatoms. The highest BCUT2D eigenvalue weighted by Crippen LogP contribution is 2.22. The number of carbonyl (C=O) groups excluding carboxylic acids is 1. The van der Waals surface area contributed by atoms with Gasteiger partial charge in [0.05, 0.1) is 5.69 Å². The molecule has 0 bridgehead atoms. The maximum absolute atomic E-state index is 12.5. The minimum atomic E-state index is -0.691. The summed E-state index contributed by atoms with van der Waals surface area (Å²) in [5.41, 5.74) is 7.64. The van der Waals surface area contributed by atoms with Crippen LogP contribution in [0.5, 0.6) is 0 Å². The number of nitrogens with one attached hydrogen (secondary N) is 2. The molecule has 144 valence electrons. The number of amides is 1. The molecule has 0 radical (unpaired) electrons. The Hall–Kier alpha value is -3.57. The molecule has 29 heavy (non-hydrogen) atoms. The summed E-state index contributed by atoms with van der Waals surface area (Å²) in [6.07, 6.45) is 0.631. The van der Waals surface area contributed by atoms with Gasteiger partial charge < -0.3 is 4.42 Å². The van der Waals surface area contributed by atoms with Crippen molar-refractivity contribution < 1.29 is 9.21 Å². The predicted molar refractivity (Wildman–Crippen MR) is 114 cm³/mol. The lowest BCUT2D eigenvalue weighted by molar-refractivity contribution is 0.0959. The Labute approximate surface area is 171 Å². The molecule has 0 spiro atoms. The van der Waals surface area contributed by atoms with Crippen LogP contribution in [0.4, 0.5) is 5.69 Å². The van der Waals surface area contributed by atoms with Crippen LogP contribution in [0.2, 0.25) is 5.02 Å². The summed E-state index contributed by atoms with van der Waals surface area (Å²) in [5, 5.41) is 1.36. The molecule has 0 unspecified atom stereocenters. The van der Waals surface area contributed by atoms with Crippen molar-refractivity contribution in [2.75, 3.05) is 5.43 Å². The van der Waals surface area contributed by atoms with E-state index in [1.54, 1.807) is 24.3 Å². The molecule has 1 amide bonds. The van der Waals surface area contributed by atoms with E-state index in [0.29, 0.717) is 28.1 Å². The molecule has 1 heterocycles. The average Bonchev–Trinajstić information content (AvgIpc) is 2.74. The van der Waals surface area contributed by atoms with E-state index in [1.165, 1.54) is 0 Å². The number of rotatable bonds is 5. The number of hydrogen-bond donors (Lipinski definition) is 2. The quantitative estimate of drug-likeness (QED) is 0.370. The smallest absolute Gasteiger partial charge is 0.349 e. The molecule has 5 nitrogen and oxygen atoms in total.